The van der Waals surface area contributed by atoms with Crippen molar-refractivity contribution in [1.82, 2.24) is 4.90 Å². The molecule has 1 saturated heterocycles. The molecular weight excluding hydrogens is 321 g/mol. The lowest BCUT2D eigenvalue weighted by Gasteiger charge is -2.29. The van der Waals surface area contributed by atoms with Gasteiger partial charge in [0.25, 0.3) is 0 Å². The molecule has 3 atom stereocenters. The lowest BCUT2D eigenvalue weighted by Crippen LogP contribution is -2.36. The summed E-state index contributed by atoms with van der Waals surface area (Å²) in [7, 11) is 0. The summed E-state index contributed by atoms with van der Waals surface area (Å²) in [6.45, 7) is 3.77. The van der Waals surface area contributed by atoms with E-state index in [0.29, 0.717) is 18.5 Å². The SMILES string of the molecule is CCC(c1ccc(Cl)cc1)N1C[C@@H]2CCC[C@@]2(C(=O)O)C1.Cl. The van der Waals surface area contributed by atoms with Crippen LogP contribution in [0.4, 0.5) is 0 Å². The van der Waals surface area contributed by atoms with Crippen LogP contribution in [0.2, 0.25) is 5.02 Å². The summed E-state index contributed by atoms with van der Waals surface area (Å²) >= 11 is 5.97. The van der Waals surface area contributed by atoms with Crippen LogP contribution in [0, 0.1) is 11.3 Å². The van der Waals surface area contributed by atoms with Gasteiger partial charge in [-0.05, 0) is 42.9 Å². The minimum absolute atomic E-state index is 0. The molecular formula is C17H23Cl2NO2. The third-order valence-electron chi connectivity index (χ3n) is 5.41. The van der Waals surface area contributed by atoms with Crippen LogP contribution in [0.1, 0.15) is 44.2 Å². The smallest absolute Gasteiger partial charge is 0.311 e. The van der Waals surface area contributed by atoms with Gasteiger partial charge in [-0.25, -0.2) is 0 Å². The van der Waals surface area contributed by atoms with E-state index >= 15 is 0 Å². The van der Waals surface area contributed by atoms with Crippen molar-refractivity contribution in [2.24, 2.45) is 11.3 Å². The fourth-order valence-electron chi connectivity index (χ4n) is 4.30. The van der Waals surface area contributed by atoms with E-state index in [4.69, 9.17) is 11.6 Å². The molecule has 1 aliphatic heterocycles. The zero-order chi connectivity index (χ0) is 15.0. The summed E-state index contributed by atoms with van der Waals surface area (Å²) in [5.41, 5.74) is 0.738. The van der Waals surface area contributed by atoms with Gasteiger partial charge in [0.2, 0.25) is 0 Å². The highest BCUT2D eigenvalue weighted by molar-refractivity contribution is 6.30. The number of likely N-dealkylation sites (tertiary alicyclic amines) is 1. The molecule has 1 aromatic carbocycles. The van der Waals surface area contributed by atoms with Gasteiger partial charge in [-0.1, -0.05) is 37.1 Å². The highest BCUT2D eigenvalue weighted by Gasteiger charge is 2.55. The standard InChI is InChI=1S/C17H22ClNO2.ClH/c1-2-15(12-5-7-14(18)8-6-12)19-10-13-4-3-9-17(13,11-19)16(20)21;/h5-8,13,15H,2-4,9-11H2,1H3,(H,20,21);1H/t13-,15?,17+;/m0./s1. The summed E-state index contributed by atoms with van der Waals surface area (Å²) in [4.78, 5) is 14.2. The van der Waals surface area contributed by atoms with Gasteiger partial charge in [-0.15, -0.1) is 12.4 Å². The molecule has 1 heterocycles. The fourth-order valence-corrected chi connectivity index (χ4v) is 4.43. The molecule has 1 aliphatic carbocycles. The molecule has 5 heteroatoms. The van der Waals surface area contributed by atoms with Gasteiger partial charge in [0.15, 0.2) is 0 Å². The van der Waals surface area contributed by atoms with E-state index in [9.17, 15) is 9.90 Å². The van der Waals surface area contributed by atoms with Gasteiger partial charge in [0.05, 0.1) is 5.41 Å². The summed E-state index contributed by atoms with van der Waals surface area (Å²) < 4.78 is 0. The Morgan fingerprint density at radius 1 is 1.45 bits per heavy atom. The molecule has 0 spiro atoms. The average Bonchev–Trinajstić information content (AvgIpc) is 2.99. The third kappa shape index (κ3) is 2.86. The number of carbonyl (C=O) groups is 1. The molecule has 0 bridgehead atoms. The Morgan fingerprint density at radius 3 is 2.68 bits per heavy atom. The second-order valence-corrected chi connectivity index (χ2v) is 6.89. The number of halogens is 2. The second kappa shape index (κ2) is 6.77. The number of hydrogen-bond acceptors (Lipinski definition) is 2. The van der Waals surface area contributed by atoms with Crippen molar-refractivity contribution in [3.8, 4) is 0 Å². The maximum Gasteiger partial charge on any atom is 0.311 e. The van der Waals surface area contributed by atoms with Crippen LogP contribution in [-0.4, -0.2) is 29.1 Å². The summed E-state index contributed by atoms with van der Waals surface area (Å²) in [6, 6.07) is 8.27. The number of benzene rings is 1. The van der Waals surface area contributed by atoms with Crippen LogP contribution in [0.3, 0.4) is 0 Å². The maximum atomic E-state index is 11.8. The summed E-state index contributed by atoms with van der Waals surface area (Å²) in [5.74, 6) is -0.283. The number of carboxylic acid groups (broad SMARTS) is 1. The van der Waals surface area contributed by atoms with Gasteiger partial charge < -0.3 is 5.11 Å². The monoisotopic (exact) mass is 343 g/mol. The van der Waals surface area contributed by atoms with E-state index in [1.54, 1.807) is 0 Å². The van der Waals surface area contributed by atoms with E-state index in [1.807, 2.05) is 12.1 Å². The molecule has 3 nitrogen and oxygen atoms in total. The molecule has 1 aromatic rings. The van der Waals surface area contributed by atoms with Crippen molar-refractivity contribution in [3.63, 3.8) is 0 Å². The fraction of sp³-hybridized carbons (Fsp3) is 0.588. The average molecular weight is 344 g/mol. The van der Waals surface area contributed by atoms with Crippen LogP contribution in [0.15, 0.2) is 24.3 Å². The van der Waals surface area contributed by atoms with Gasteiger partial charge in [-0.2, -0.15) is 0 Å². The Morgan fingerprint density at radius 2 is 2.14 bits per heavy atom. The normalized spacial score (nSPS) is 28.9. The van der Waals surface area contributed by atoms with E-state index in [-0.39, 0.29) is 12.4 Å². The van der Waals surface area contributed by atoms with Crippen molar-refractivity contribution in [2.45, 2.75) is 38.6 Å². The topological polar surface area (TPSA) is 40.5 Å². The molecule has 22 heavy (non-hydrogen) atoms. The molecule has 0 amide bonds. The van der Waals surface area contributed by atoms with Gasteiger partial charge >= 0.3 is 5.97 Å². The lowest BCUT2D eigenvalue weighted by atomic mass is 9.81. The molecule has 0 aromatic heterocycles. The number of fused-ring (bicyclic) bond motifs is 1. The highest BCUT2D eigenvalue weighted by atomic mass is 35.5. The van der Waals surface area contributed by atoms with Crippen molar-refractivity contribution in [3.05, 3.63) is 34.9 Å². The number of hydrogen-bond donors (Lipinski definition) is 1. The number of nitrogens with zero attached hydrogens (tertiary/aromatic N) is 1. The lowest BCUT2D eigenvalue weighted by molar-refractivity contribution is -0.149. The first-order chi connectivity index (χ1) is 10.1. The van der Waals surface area contributed by atoms with Crippen LogP contribution < -0.4 is 0 Å². The largest absolute Gasteiger partial charge is 0.481 e. The summed E-state index contributed by atoms with van der Waals surface area (Å²) in [5, 5.41) is 10.5. The first kappa shape index (κ1) is 17.6. The number of aliphatic carboxylic acids is 1. The Kier molecular flexibility index (Phi) is 5.41. The van der Waals surface area contributed by atoms with Gasteiger partial charge in [-0.3, -0.25) is 9.69 Å². The molecule has 3 rings (SSSR count). The van der Waals surface area contributed by atoms with Crippen molar-refractivity contribution >= 4 is 30.0 Å². The van der Waals surface area contributed by atoms with Crippen LogP contribution >= 0.6 is 24.0 Å². The number of carboxylic acids is 1. The number of rotatable bonds is 4. The Labute approximate surface area is 143 Å². The highest BCUT2D eigenvalue weighted by Crippen LogP contribution is 2.51. The predicted molar refractivity (Wildman–Crippen MR) is 90.7 cm³/mol. The van der Waals surface area contributed by atoms with E-state index in [1.165, 1.54) is 5.56 Å². The zero-order valence-corrected chi connectivity index (χ0v) is 14.4. The van der Waals surface area contributed by atoms with Gasteiger partial charge in [0.1, 0.15) is 0 Å². The quantitative estimate of drug-likeness (QED) is 0.880. The molecule has 1 saturated carbocycles. The Hall–Kier alpha value is -0.770. The first-order valence-electron chi connectivity index (χ1n) is 7.80. The Bertz CT molecular complexity index is 534. The molecule has 122 valence electrons. The molecule has 2 aliphatic rings. The zero-order valence-electron chi connectivity index (χ0n) is 12.8. The minimum atomic E-state index is -0.599. The van der Waals surface area contributed by atoms with E-state index < -0.39 is 11.4 Å². The first-order valence-corrected chi connectivity index (χ1v) is 8.17. The molecule has 1 unspecified atom stereocenters. The maximum absolute atomic E-state index is 11.8. The van der Waals surface area contributed by atoms with Crippen LogP contribution in [-0.2, 0) is 4.79 Å². The van der Waals surface area contributed by atoms with Crippen molar-refractivity contribution in [1.29, 1.82) is 0 Å². The minimum Gasteiger partial charge on any atom is -0.481 e. The summed E-state index contributed by atoms with van der Waals surface area (Å²) in [6.07, 6.45) is 3.94. The third-order valence-corrected chi connectivity index (χ3v) is 5.66. The van der Waals surface area contributed by atoms with Crippen LogP contribution in [0.25, 0.3) is 0 Å². The van der Waals surface area contributed by atoms with Crippen LogP contribution in [0.5, 0.6) is 0 Å². The molecule has 2 fully saturated rings. The molecule has 0 radical (unpaired) electrons. The van der Waals surface area contributed by atoms with Crippen molar-refractivity contribution in [2.75, 3.05) is 13.1 Å². The van der Waals surface area contributed by atoms with Crippen molar-refractivity contribution < 1.29 is 9.90 Å². The van der Waals surface area contributed by atoms with E-state index in [0.717, 1.165) is 37.3 Å². The van der Waals surface area contributed by atoms with Gasteiger partial charge in [0, 0.05) is 24.2 Å². The Balaban J connectivity index is 0.00000176. The van der Waals surface area contributed by atoms with E-state index in [2.05, 4.69) is 24.0 Å². The predicted octanol–water partition coefficient (Wildman–Crippen LogP) is 4.40. The molecule has 1 N–H and O–H groups in total. The second-order valence-electron chi connectivity index (χ2n) is 6.46.